The molecule has 1 N–H and O–H groups in total. The van der Waals surface area contributed by atoms with Crippen molar-refractivity contribution in [2.45, 2.75) is 4.90 Å². The Hall–Kier alpha value is -1.45. The van der Waals surface area contributed by atoms with E-state index in [2.05, 4.69) is 36.9 Å². The van der Waals surface area contributed by atoms with Crippen molar-refractivity contribution in [3.8, 4) is 0 Å². The van der Waals surface area contributed by atoms with E-state index in [1.807, 2.05) is 22.9 Å². The van der Waals surface area contributed by atoms with E-state index in [0.29, 0.717) is 5.57 Å². The van der Waals surface area contributed by atoms with Crippen LogP contribution < -0.4 is 4.72 Å². The van der Waals surface area contributed by atoms with Crippen molar-refractivity contribution >= 4 is 83.3 Å². The number of carbonyl (C=O) groups is 1. The van der Waals surface area contributed by atoms with Gasteiger partial charge >= 0.3 is 0 Å². The van der Waals surface area contributed by atoms with Gasteiger partial charge in [0, 0.05) is 15.2 Å². The van der Waals surface area contributed by atoms with E-state index in [-0.39, 0.29) is 20.6 Å². The van der Waals surface area contributed by atoms with E-state index >= 15 is 0 Å². The molecule has 1 heterocycles. The maximum Gasteiger partial charge on any atom is 0.283 e. The van der Waals surface area contributed by atoms with Gasteiger partial charge in [0.1, 0.15) is 10.6 Å². The van der Waals surface area contributed by atoms with E-state index in [9.17, 15) is 13.2 Å². The summed E-state index contributed by atoms with van der Waals surface area (Å²) < 4.78 is 28.7. The first-order valence-corrected chi connectivity index (χ1v) is 11.4. The van der Waals surface area contributed by atoms with Gasteiger partial charge in [0.05, 0.1) is 10.0 Å². The lowest BCUT2D eigenvalue weighted by Crippen LogP contribution is -2.31. The molecule has 1 aliphatic rings. The van der Waals surface area contributed by atoms with Gasteiger partial charge in [-0.15, -0.1) is 0 Å². The predicted molar refractivity (Wildman–Crippen MR) is 118 cm³/mol. The molecule has 0 atom stereocenters. The van der Waals surface area contributed by atoms with Gasteiger partial charge in [-0.2, -0.15) is 0 Å². The highest BCUT2D eigenvalue weighted by Crippen LogP contribution is 2.29. The zero-order valence-electron chi connectivity index (χ0n) is 13.8. The molecule has 2 aromatic carbocycles. The van der Waals surface area contributed by atoms with Crippen LogP contribution in [0, 0.1) is 0 Å². The molecule has 10 heteroatoms. The van der Waals surface area contributed by atoms with Crippen LogP contribution in [-0.4, -0.2) is 20.5 Å². The summed E-state index contributed by atoms with van der Waals surface area (Å²) in [6.45, 7) is 0. The molecule has 0 fully saturated rings. The molecule has 0 spiro atoms. The fourth-order valence-electron chi connectivity index (χ4n) is 2.40. The molecule has 1 aliphatic heterocycles. The molecule has 0 saturated heterocycles. The predicted octanol–water partition coefficient (Wildman–Crippen LogP) is 5.38. The number of allylic oxidation sites excluding steroid dienone is 2. The summed E-state index contributed by atoms with van der Waals surface area (Å²) in [6.07, 6.45) is 4.76. The summed E-state index contributed by atoms with van der Waals surface area (Å²) in [5.74, 6) is -0.883. The smallest absolute Gasteiger partial charge is 0.266 e. The Balaban J connectivity index is 1.83. The van der Waals surface area contributed by atoms with Crippen LogP contribution in [0.3, 0.4) is 0 Å². The third-order valence-corrected chi connectivity index (χ3v) is 6.72. The molecule has 144 valence electrons. The number of sulfonamides is 1. The Labute approximate surface area is 188 Å². The van der Waals surface area contributed by atoms with Crippen molar-refractivity contribution in [3.63, 3.8) is 0 Å². The summed E-state index contributed by atoms with van der Waals surface area (Å²) in [5, 5.41) is -0.171. The Morgan fingerprint density at radius 3 is 2.29 bits per heavy atom. The minimum absolute atomic E-state index is 0.0490. The van der Waals surface area contributed by atoms with Crippen molar-refractivity contribution < 1.29 is 13.2 Å². The highest BCUT2D eigenvalue weighted by atomic mass is 79.9. The summed E-state index contributed by atoms with van der Waals surface area (Å²) in [5.41, 5.74) is 1.46. The van der Waals surface area contributed by atoms with Crippen molar-refractivity contribution in [2.24, 2.45) is 4.99 Å². The number of amides is 1. The molecule has 0 bridgehead atoms. The van der Waals surface area contributed by atoms with Gasteiger partial charge in [-0.25, -0.2) is 13.1 Å². The molecule has 2 aromatic rings. The fourth-order valence-corrected chi connectivity index (χ4v) is 5.83. The summed E-state index contributed by atoms with van der Waals surface area (Å²) >= 11 is 18.6. The lowest BCUT2D eigenvalue weighted by atomic mass is 10.1. The molecule has 5 nitrogen and oxygen atoms in total. The summed E-state index contributed by atoms with van der Waals surface area (Å²) in [7, 11) is -4.26. The molecule has 0 saturated carbocycles. The second-order valence-corrected chi connectivity index (χ2v) is 9.89. The van der Waals surface area contributed by atoms with Crippen LogP contribution in [0.5, 0.6) is 0 Å². The molecule has 3 rings (SSSR count). The summed E-state index contributed by atoms with van der Waals surface area (Å²) in [4.78, 5) is 16.0. The maximum atomic E-state index is 12.5. The second kappa shape index (κ2) is 8.51. The van der Waals surface area contributed by atoms with E-state index in [4.69, 9.17) is 23.2 Å². The molecule has 0 unspecified atom stereocenters. The Bertz CT molecular complexity index is 1130. The average molecular weight is 565 g/mol. The number of hydrogen-bond donors (Lipinski definition) is 1. The Morgan fingerprint density at radius 1 is 1.07 bits per heavy atom. The molecule has 0 aromatic heterocycles. The zero-order chi connectivity index (χ0) is 20.5. The first-order valence-electron chi connectivity index (χ1n) is 7.60. The first-order chi connectivity index (χ1) is 13.2. The highest BCUT2D eigenvalue weighted by Gasteiger charge is 2.26. The van der Waals surface area contributed by atoms with Crippen LogP contribution in [0.4, 0.5) is 0 Å². The topological polar surface area (TPSA) is 75.6 Å². The molecule has 1 amide bonds. The number of benzene rings is 2. The number of aliphatic imine (C=N–C) groups is 1. The quantitative estimate of drug-likeness (QED) is 0.542. The zero-order valence-corrected chi connectivity index (χ0v) is 19.3. The SMILES string of the molecule is O=C(NS(=O)(=O)c1c(Cl)cccc1Cl)C1=C/C(=C\c2cc(Br)cc(Br)c2)C=N1. The van der Waals surface area contributed by atoms with Gasteiger partial charge in [-0.3, -0.25) is 9.79 Å². The van der Waals surface area contributed by atoms with E-state index in [0.717, 1.165) is 14.5 Å². The van der Waals surface area contributed by atoms with Gasteiger partial charge < -0.3 is 0 Å². The van der Waals surface area contributed by atoms with E-state index in [1.165, 1.54) is 30.5 Å². The monoisotopic (exact) mass is 562 g/mol. The molecule has 0 aliphatic carbocycles. The highest BCUT2D eigenvalue weighted by molar-refractivity contribution is 9.11. The summed E-state index contributed by atoms with van der Waals surface area (Å²) in [6, 6.07) is 9.92. The second-order valence-electron chi connectivity index (χ2n) is 5.62. The van der Waals surface area contributed by atoms with Crippen LogP contribution in [0.15, 0.2) is 72.6 Å². The van der Waals surface area contributed by atoms with Gasteiger partial charge in [0.25, 0.3) is 15.9 Å². The standard InChI is InChI=1S/C18H10Br2Cl2N2O3S/c19-12-5-10(6-13(20)8-12)4-11-7-16(23-9-11)18(25)24-28(26,27)17-14(21)2-1-3-15(17)22/h1-9H,(H,24,25)/b11-4+. The van der Waals surface area contributed by atoms with Gasteiger partial charge in [-0.1, -0.05) is 61.1 Å². The van der Waals surface area contributed by atoms with Crippen molar-refractivity contribution in [1.29, 1.82) is 0 Å². The van der Waals surface area contributed by atoms with E-state index < -0.39 is 15.9 Å². The largest absolute Gasteiger partial charge is 0.283 e. The van der Waals surface area contributed by atoms with Crippen LogP contribution in [0.25, 0.3) is 6.08 Å². The maximum absolute atomic E-state index is 12.5. The Kier molecular flexibility index (Phi) is 6.46. The fraction of sp³-hybridized carbons (Fsp3) is 0. The van der Waals surface area contributed by atoms with Crippen molar-refractivity contribution in [3.05, 3.63) is 78.3 Å². The lowest BCUT2D eigenvalue weighted by Gasteiger charge is -2.09. The Morgan fingerprint density at radius 2 is 1.68 bits per heavy atom. The average Bonchev–Trinajstić information content (AvgIpc) is 3.01. The van der Waals surface area contributed by atoms with Crippen LogP contribution in [0.2, 0.25) is 10.0 Å². The van der Waals surface area contributed by atoms with E-state index in [1.54, 1.807) is 6.08 Å². The van der Waals surface area contributed by atoms with Crippen molar-refractivity contribution in [2.75, 3.05) is 0 Å². The number of nitrogens with zero attached hydrogens (tertiary/aromatic N) is 1. The normalized spacial score (nSPS) is 15.0. The molecule has 0 radical (unpaired) electrons. The number of rotatable bonds is 4. The number of nitrogens with one attached hydrogen (secondary N) is 1. The van der Waals surface area contributed by atoms with Gasteiger partial charge in [0.2, 0.25) is 0 Å². The van der Waals surface area contributed by atoms with Crippen LogP contribution >= 0.6 is 55.1 Å². The number of halogens is 4. The molecular formula is C18H10Br2Cl2N2O3S. The minimum Gasteiger partial charge on any atom is -0.266 e. The third-order valence-electron chi connectivity index (χ3n) is 3.52. The molecule has 28 heavy (non-hydrogen) atoms. The molecular weight excluding hydrogens is 555 g/mol. The first kappa shape index (κ1) is 21.3. The number of carbonyl (C=O) groups excluding carboxylic acids is 1. The lowest BCUT2D eigenvalue weighted by molar-refractivity contribution is -0.115. The van der Waals surface area contributed by atoms with Crippen LogP contribution in [0.1, 0.15) is 5.56 Å². The van der Waals surface area contributed by atoms with Gasteiger partial charge in [0.15, 0.2) is 0 Å². The van der Waals surface area contributed by atoms with Crippen LogP contribution in [-0.2, 0) is 14.8 Å². The van der Waals surface area contributed by atoms with Gasteiger partial charge in [-0.05, 0) is 53.6 Å². The minimum atomic E-state index is -4.26. The van der Waals surface area contributed by atoms with Crippen molar-refractivity contribution in [1.82, 2.24) is 4.72 Å². The number of hydrogen-bond acceptors (Lipinski definition) is 4. The third kappa shape index (κ3) is 4.93.